The monoisotopic (exact) mass is 374 g/mol. The summed E-state index contributed by atoms with van der Waals surface area (Å²) in [6.07, 6.45) is 3.32. The van der Waals surface area contributed by atoms with Crippen LogP contribution in [0.15, 0.2) is 30.3 Å². The minimum Gasteiger partial charge on any atom is -0.338 e. The van der Waals surface area contributed by atoms with Gasteiger partial charge in [0.2, 0.25) is 0 Å². The van der Waals surface area contributed by atoms with Gasteiger partial charge in [-0.05, 0) is 61.9 Å². The summed E-state index contributed by atoms with van der Waals surface area (Å²) in [6, 6.07) is 7.35. The lowest BCUT2D eigenvalue weighted by atomic mass is 10.2. The van der Waals surface area contributed by atoms with Gasteiger partial charge in [-0.3, -0.25) is 9.59 Å². The number of hydrogen-bond acceptors (Lipinski definition) is 3. The second-order valence-corrected chi connectivity index (χ2v) is 7.83. The maximum absolute atomic E-state index is 13.3. The number of aryl methyl sites for hydroxylation is 1. The quantitative estimate of drug-likeness (QED) is 0.763. The predicted octanol–water partition coefficient (Wildman–Crippen LogP) is 4.71. The molecule has 1 fully saturated rings. The van der Waals surface area contributed by atoms with E-state index in [9.17, 15) is 14.0 Å². The zero-order chi connectivity index (χ0) is 18.7. The van der Waals surface area contributed by atoms with Crippen molar-refractivity contribution in [2.45, 2.75) is 33.1 Å². The van der Waals surface area contributed by atoms with Gasteiger partial charge in [-0.15, -0.1) is 11.3 Å². The molecule has 0 bridgehead atoms. The topological polar surface area (TPSA) is 49.4 Å². The second-order valence-electron chi connectivity index (χ2n) is 6.78. The number of thiophene rings is 1. The number of nitrogens with one attached hydrogen (secondary N) is 1. The van der Waals surface area contributed by atoms with Crippen molar-refractivity contribution >= 4 is 28.2 Å². The first kappa shape index (κ1) is 18.6. The highest BCUT2D eigenvalue weighted by Crippen LogP contribution is 2.32. The van der Waals surface area contributed by atoms with E-state index in [1.54, 1.807) is 12.1 Å². The minimum atomic E-state index is -0.453. The van der Waals surface area contributed by atoms with E-state index >= 15 is 0 Å². The van der Waals surface area contributed by atoms with Crippen LogP contribution in [0.5, 0.6) is 0 Å². The molecule has 0 saturated heterocycles. The molecule has 26 heavy (non-hydrogen) atoms. The number of benzene rings is 1. The number of nitrogens with zero attached hydrogens (tertiary/aromatic N) is 1. The Kier molecular flexibility index (Phi) is 5.71. The first-order chi connectivity index (χ1) is 12.5. The fourth-order valence-electron chi connectivity index (χ4n) is 2.87. The van der Waals surface area contributed by atoms with Gasteiger partial charge in [0.1, 0.15) is 5.82 Å². The number of rotatable bonds is 7. The Morgan fingerprint density at radius 3 is 2.73 bits per heavy atom. The van der Waals surface area contributed by atoms with Gasteiger partial charge in [0.15, 0.2) is 0 Å². The van der Waals surface area contributed by atoms with Crippen molar-refractivity contribution in [1.29, 1.82) is 0 Å². The fraction of sp³-hybridized carbons (Fsp3) is 0.400. The second kappa shape index (κ2) is 7.99. The fourth-order valence-corrected chi connectivity index (χ4v) is 3.91. The molecule has 1 heterocycles. The van der Waals surface area contributed by atoms with Gasteiger partial charge in [0.25, 0.3) is 11.8 Å². The summed E-state index contributed by atoms with van der Waals surface area (Å²) in [5.41, 5.74) is 1.11. The molecule has 1 aliphatic carbocycles. The third kappa shape index (κ3) is 4.49. The molecule has 1 saturated carbocycles. The van der Waals surface area contributed by atoms with Crippen LogP contribution in [0.3, 0.4) is 0 Å². The van der Waals surface area contributed by atoms with Gasteiger partial charge >= 0.3 is 0 Å². The standard InChI is InChI=1S/C20H23FN2O2S/c1-3-9-23(12-14-7-8-14)20(25)18-13(2)10-17(26-18)22-19(24)15-5-4-6-16(21)11-15/h4-6,10-11,14H,3,7-9,12H2,1-2H3,(H,22,24). The molecule has 0 spiro atoms. The van der Waals surface area contributed by atoms with Crippen LogP contribution in [0.1, 0.15) is 51.8 Å². The maximum atomic E-state index is 13.3. The molecule has 3 rings (SSSR count). The Balaban J connectivity index is 1.73. The van der Waals surface area contributed by atoms with Crippen molar-refractivity contribution in [1.82, 2.24) is 4.90 Å². The molecule has 4 nitrogen and oxygen atoms in total. The lowest BCUT2D eigenvalue weighted by Crippen LogP contribution is -2.33. The summed E-state index contributed by atoms with van der Waals surface area (Å²) in [5.74, 6) is -0.162. The van der Waals surface area contributed by atoms with E-state index in [1.807, 2.05) is 11.8 Å². The van der Waals surface area contributed by atoms with Crippen molar-refractivity contribution in [3.05, 3.63) is 52.2 Å². The lowest BCUT2D eigenvalue weighted by molar-refractivity contribution is 0.0751. The van der Waals surface area contributed by atoms with Gasteiger partial charge in [0, 0.05) is 18.7 Å². The highest BCUT2D eigenvalue weighted by Gasteiger charge is 2.28. The molecule has 0 aliphatic heterocycles. The molecule has 0 unspecified atom stereocenters. The zero-order valence-corrected chi connectivity index (χ0v) is 15.9. The summed E-state index contributed by atoms with van der Waals surface area (Å²) in [5, 5.41) is 3.37. The van der Waals surface area contributed by atoms with Crippen molar-refractivity contribution in [2.75, 3.05) is 18.4 Å². The Morgan fingerprint density at radius 2 is 2.08 bits per heavy atom. The molecule has 6 heteroatoms. The molecule has 0 radical (unpaired) electrons. The number of halogens is 1. The van der Waals surface area contributed by atoms with Crippen LogP contribution >= 0.6 is 11.3 Å². The van der Waals surface area contributed by atoms with Gasteiger partial charge in [-0.1, -0.05) is 13.0 Å². The number of anilines is 1. The largest absolute Gasteiger partial charge is 0.338 e. The maximum Gasteiger partial charge on any atom is 0.264 e. The Morgan fingerprint density at radius 1 is 1.31 bits per heavy atom. The third-order valence-corrected chi connectivity index (χ3v) is 5.53. The van der Waals surface area contributed by atoms with Crippen LogP contribution in [0, 0.1) is 18.7 Å². The van der Waals surface area contributed by atoms with E-state index < -0.39 is 5.82 Å². The van der Waals surface area contributed by atoms with Gasteiger partial charge in [-0.25, -0.2) is 4.39 Å². The highest BCUT2D eigenvalue weighted by molar-refractivity contribution is 7.18. The van der Waals surface area contributed by atoms with Gasteiger partial charge in [0.05, 0.1) is 9.88 Å². The average Bonchev–Trinajstić information content (AvgIpc) is 3.35. The summed E-state index contributed by atoms with van der Waals surface area (Å²) < 4.78 is 13.3. The highest BCUT2D eigenvalue weighted by atomic mass is 32.1. The Labute approximate surface area is 157 Å². The van der Waals surface area contributed by atoms with Crippen LogP contribution in [0.25, 0.3) is 0 Å². The van der Waals surface area contributed by atoms with E-state index in [2.05, 4.69) is 12.2 Å². The molecule has 1 aromatic heterocycles. The zero-order valence-electron chi connectivity index (χ0n) is 15.0. The van der Waals surface area contributed by atoms with Crippen LogP contribution in [0.4, 0.5) is 9.39 Å². The smallest absolute Gasteiger partial charge is 0.264 e. The molecule has 1 aliphatic rings. The van der Waals surface area contributed by atoms with E-state index in [-0.39, 0.29) is 17.4 Å². The van der Waals surface area contributed by atoms with E-state index in [0.717, 1.165) is 25.1 Å². The van der Waals surface area contributed by atoms with Gasteiger partial charge < -0.3 is 10.2 Å². The summed E-state index contributed by atoms with van der Waals surface area (Å²) in [6.45, 7) is 5.51. The van der Waals surface area contributed by atoms with Crippen molar-refractivity contribution in [3.63, 3.8) is 0 Å². The molecule has 2 amide bonds. The van der Waals surface area contributed by atoms with E-state index in [4.69, 9.17) is 0 Å². The molecular weight excluding hydrogens is 351 g/mol. The first-order valence-electron chi connectivity index (χ1n) is 8.94. The van der Waals surface area contributed by atoms with Crippen LogP contribution < -0.4 is 5.32 Å². The Bertz CT molecular complexity index is 814. The Hall–Kier alpha value is -2.21. The third-order valence-electron chi connectivity index (χ3n) is 4.39. The predicted molar refractivity (Wildman–Crippen MR) is 102 cm³/mol. The van der Waals surface area contributed by atoms with Gasteiger partial charge in [-0.2, -0.15) is 0 Å². The summed E-state index contributed by atoms with van der Waals surface area (Å²) in [7, 11) is 0. The lowest BCUT2D eigenvalue weighted by Gasteiger charge is -2.21. The number of amides is 2. The molecule has 2 aromatic rings. The number of hydrogen-bond donors (Lipinski definition) is 1. The number of carbonyl (C=O) groups excluding carboxylic acids is 2. The van der Waals surface area contributed by atoms with Crippen molar-refractivity contribution in [3.8, 4) is 0 Å². The summed E-state index contributed by atoms with van der Waals surface area (Å²) >= 11 is 1.28. The van der Waals surface area contributed by atoms with Crippen molar-refractivity contribution < 1.29 is 14.0 Å². The van der Waals surface area contributed by atoms with Crippen LogP contribution in [-0.4, -0.2) is 29.8 Å². The average molecular weight is 374 g/mol. The first-order valence-corrected chi connectivity index (χ1v) is 9.76. The van der Waals surface area contributed by atoms with Crippen LogP contribution in [-0.2, 0) is 0 Å². The molecule has 138 valence electrons. The molecule has 0 atom stereocenters. The summed E-state index contributed by atoms with van der Waals surface area (Å²) in [4.78, 5) is 27.8. The minimum absolute atomic E-state index is 0.0347. The van der Waals surface area contributed by atoms with Crippen LogP contribution in [0.2, 0.25) is 0 Å². The molecular formula is C20H23FN2O2S. The molecule has 1 N–H and O–H groups in total. The van der Waals surface area contributed by atoms with Crippen molar-refractivity contribution in [2.24, 2.45) is 5.92 Å². The number of carbonyl (C=O) groups is 2. The normalized spacial score (nSPS) is 13.5. The van der Waals surface area contributed by atoms with E-state index in [0.29, 0.717) is 15.8 Å². The molecule has 1 aromatic carbocycles. The SMILES string of the molecule is CCCN(CC1CC1)C(=O)c1sc(NC(=O)c2cccc(F)c2)cc1C. The van der Waals surface area contributed by atoms with E-state index in [1.165, 1.54) is 42.4 Å².